The first-order valence-electron chi connectivity index (χ1n) is 7.56. The largest absolute Gasteiger partial charge is 0.360 e. The van der Waals surface area contributed by atoms with Crippen LogP contribution >= 0.6 is 0 Å². The molecule has 1 aromatic carbocycles. The van der Waals surface area contributed by atoms with Gasteiger partial charge in [0.2, 0.25) is 5.91 Å². The Labute approximate surface area is 125 Å². The summed E-state index contributed by atoms with van der Waals surface area (Å²) in [7, 11) is 0. The van der Waals surface area contributed by atoms with Gasteiger partial charge in [0.05, 0.1) is 11.6 Å². The molecule has 0 bridgehead atoms. The number of nitrogens with one attached hydrogen (secondary N) is 1. The summed E-state index contributed by atoms with van der Waals surface area (Å²) in [5, 5.41) is 12.2. The third-order valence-corrected chi connectivity index (χ3v) is 4.29. The SMILES string of the molecule is N#Cc1ccc(N2CCCC2C(=O)N2CCNCC2)cc1. The summed E-state index contributed by atoms with van der Waals surface area (Å²) >= 11 is 0. The Morgan fingerprint density at radius 2 is 1.90 bits per heavy atom. The van der Waals surface area contributed by atoms with Crippen LogP contribution in [0.2, 0.25) is 0 Å². The Balaban J connectivity index is 1.75. The van der Waals surface area contributed by atoms with Gasteiger partial charge in [0.1, 0.15) is 6.04 Å². The Kier molecular flexibility index (Phi) is 4.07. The zero-order valence-corrected chi connectivity index (χ0v) is 12.1. The van der Waals surface area contributed by atoms with E-state index in [0.29, 0.717) is 5.56 Å². The fourth-order valence-electron chi connectivity index (χ4n) is 3.16. The zero-order chi connectivity index (χ0) is 14.7. The van der Waals surface area contributed by atoms with Crippen LogP contribution in [-0.4, -0.2) is 49.6 Å². The van der Waals surface area contributed by atoms with E-state index < -0.39 is 0 Å². The van der Waals surface area contributed by atoms with Crippen molar-refractivity contribution in [1.29, 1.82) is 5.26 Å². The summed E-state index contributed by atoms with van der Waals surface area (Å²) in [5.74, 6) is 0.248. The minimum Gasteiger partial charge on any atom is -0.360 e. The first-order chi connectivity index (χ1) is 10.3. The molecular weight excluding hydrogens is 264 g/mol. The molecular formula is C16H20N4O. The normalized spacial score (nSPS) is 22.1. The number of anilines is 1. The van der Waals surface area contributed by atoms with Gasteiger partial charge in [0.15, 0.2) is 0 Å². The van der Waals surface area contributed by atoms with Crippen LogP contribution in [0.5, 0.6) is 0 Å². The van der Waals surface area contributed by atoms with Crippen LogP contribution in [-0.2, 0) is 4.79 Å². The molecule has 2 aliphatic rings. The van der Waals surface area contributed by atoms with Gasteiger partial charge < -0.3 is 15.1 Å². The van der Waals surface area contributed by atoms with Crippen molar-refractivity contribution in [3.05, 3.63) is 29.8 Å². The maximum Gasteiger partial charge on any atom is 0.245 e. The molecule has 2 heterocycles. The number of hydrogen-bond donors (Lipinski definition) is 1. The molecule has 2 fully saturated rings. The lowest BCUT2D eigenvalue weighted by molar-refractivity contribution is -0.132. The van der Waals surface area contributed by atoms with Gasteiger partial charge in [-0.1, -0.05) is 0 Å². The van der Waals surface area contributed by atoms with Gasteiger partial charge in [-0.3, -0.25) is 4.79 Å². The van der Waals surface area contributed by atoms with Gasteiger partial charge in [-0.15, -0.1) is 0 Å². The third kappa shape index (κ3) is 2.86. The minimum atomic E-state index is -0.0453. The molecule has 1 N–H and O–H groups in total. The summed E-state index contributed by atoms with van der Waals surface area (Å²) in [6.45, 7) is 4.28. The smallest absolute Gasteiger partial charge is 0.245 e. The average molecular weight is 284 g/mol. The average Bonchev–Trinajstić information content (AvgIpc) is 3.04. The lowest BCUT2D eigenvalue weighted by Gasteiger charge is -2.33. The van der Waals surface area contributed by atoms with Gasteiger partial charge in [-0.05, 0) is 37.1 Å². The monoisotopic (exact) mass is 284 g/mol. The van der Waals surface area contributed by atoms with Crippen molar-refractivity contribution in [3.8, 4) is 6.07 Å². The minimum absolute atomic E-state index is 0.0453. The van der Waals surface area contributed by atoms with Gasteiger partial charge >= 0.3 is 0 Å². The van der Waals surface area contributed by atoms with Crippen LogP contribution in [0.3, 0.4) is 0 Å². The number of hydrogen-bond acceptors (Lipinski definition) is 4. The van der Waals surface area contributed by atoms with Crippen LogP contribution in [0.1, 0.15) is 18.4 Å². The molecule has 5 heteroatoms. The number of nitrogens with zero attached hydrogens (tertiary/aromatic N) is 3. The number of piperazine rings is 1. The maximum absolute atomic E-state index is 12.7. The van der Waals surface area contributed by atoms with E-state index in [1.165, 1.54) is 0 Å². The third-order valence-electron chi connectivity index (χ3n) is 4.29. The number of carbonyl (C=O) groups is 1. The lowest BCUT2D eigenvalue weighted by Crippen LogP contribution is -2.52. The molecule has 0 saturated carbocycles. The molecule has 2 aliphatic heterocycles. The molecule has 5 nitrogen and oxygen atoms in total. The van der Waals surface area contributed by atoms with Gasteiger partial charge in [0, 0.05) is 38.4 Å². The van der Waals surface area contributed by atoms with Gasteiger partial charge in [-0.25, -0.2) is 0 Å². The summed E-state index contributed by atoms with van der Waals surface area (Å²) in [5.41, 5.74) is 1.70. The molecule has 0 spiro atoms. The first kappa shape index (κ1) is 13.9. The van der Waals surface area contributed by atoms with Crippen molar-refractivity contribution in [2.45, 2.75) is 18.9 Å². The molecule has 0 aliphatic carbocycles. The highest BCUT2D eigenvalue weighted by Crippen LogP contribution is 2.27. The van der Waals surface area contributed by atoms with Crippen molar-refractivity contribution in [3.63, 3.8) is 0 Å². The fraction of sp³-hybridized carbons (Fsp3) is 0.500. The topological polar surface area (TPSA) is 59.4 Å². The molecule has 0 radical (unpaired) electrons. The highest BCUT2D eigenvalue weighted by Gasteiger charge is 2.34. The Hall–Kier alpha value is -2.06. The van der Waals surface area contributed by atoms with E-state index in [9.17, 15) is 4.79 Å². The highest BCUT2D eigenvalue weighted by atomic mass is 16.2. The van der Waals surface area contributed by atoms with E-state index in [0.717, 1.165) is 51.3 Å². The molecule has 3 rings (SSSR count). The number of benzene rings is 1. The zero-order valence-electron chi connectivity index (χ0n) is 12.1. The number of nitriles is 1. The quantitative estimate of drug-likeness (QED) is 0.879. The fourth-order valence-corrected chi connectivity index (χ4v) is 3.16. The number of carbonyl (C=O) groups excluding carboxylic acids is 1. The van der Waals surface area contributed by atoms with E-state index in [1.807, 2.05) is 29.2 Å². The van der Waals surface area contributed by atoms with Crippen molar-refractivity contribution in [2.24, 2.45) is 0 Å². The first-order valence-corrected chi connectivity index (χ1v) is 7.56. The Morgan fingerprint density at radius 1 is 1.19 bits per heavy atom. The molecule has 1 unspecified atom stereocenters. The Morgan fingerprint density at radius 3 is 2.57 bits per heavy atom. The van der Waals surface area contributed by atoms with E-state index in [-0.39, 0.29) is 11.9 Å². The highest BCUT2D eigenvalue weighted by molar-refractivity contribution is 5.86. The number of rotatable bonds is 2. The molecule has 2 saturated heterocycles. The molecule has 0 aromatic heterocycles. The summed E-state index contributed by atoms with van der Waals surface area (Å²) in [6, 6.07) is 9.62. The van der Waals surface area contributed by atoms with E-state index in [4.69, 9.17) is 5.26 Å². The van der Waals surface area contributed by atoms with Gasteiger partial charge in [-0.2, -0.15) is 5.26 Å². The van der Waals surface area contributed by atoms with Crippen LogP contribution in [0, 0.1) is 11.3 Å². The standard InChI is InChI=1S/C16H20N4O/c17-12-13-3-5-14(6-4-13)20-9-1-2-15(20)16(21)19-10-7-18-8-11-19/h3-6,15,18H,1-2,7-11H2. The second-order valence-electron chi connectivity index (χ2n) is 5.59. The van der Waals surface area contributed by atoms with Crippen LogP contribution in [0.4, 0.5) is 5.69 Å². The van der Waals surface area contributed by atoms with Crippen molar-refractivity contribution < 1.29 is 4.79 Å². The van der Waals surface area contributed by atoms with Crippen LogP contribution < -0.4 is 10.2 Å². The van der Waals surface area contributed by atoms with Crippen LogP contribution in [0.15, 0.2) is 24.3 Å². The van der Waals surface area contributed by atoms with E-state index in [2.05, 4.69) is 16.3 Å². The predicted octanol–water partition coefficient (Wildman–Crippen LogP) is 0.959. The van der Waals surface area contributed by atoms with Crippen molar-refractivity contribution in [2.75, 3.05) is 37.6 Å². The second kappa shape index (κ2) is 6.15. The Bertz CT molecular complexity index is 542. The molecule has 21 heavy (non-hydrogen) atoms. The molecule has 1 aromatic rings. The maximum atomic E-state index is 12.7. The summed E-state index contributed by atoms with van der Waals surface area (Å²) in [4.78, 5) is 16.9. The lowest BCUT2D eigenvalue weighted by atomic mass is 10.1. The second-order valence-corrected chi connectivity index (χ2v) is 5.59. The predicted molar refractivity (Wildman–Crippen MR) is 81.0 cm³/mol. The van der Waals surface area contributed by atoms with E-state index in [1.54, 1.807) is 0 Å². The molecule has 110 valence electrons. The van der Waals surface area contributed by atoms with Crippen molar-refractivity contribution in [1.82, 2.24) is 10.2 Å². The van der Waals surface area contributed by atoms with Gasteiger partial charge in [0.25, 0.3) is 0 Å². The van der Waals surface area contributed by atoms with Crippen molar-refractivity contribution >= 4 is 11.6 Å². The van der Waals surface area contributed by atoms with Crippen LogP contribution in [0.25, 0.3) is 0 Å². The summed E-state index contributed by atoms with van der Waals surface area (Å²) in [6.07, 6.45) is 1.96. The van der Waals surface area contributed by atoms with E-state index >= 15 is 0 Å². The number of amides is 1. The molecule has 1 atom stereocenters. The summed E-state index contributed by atoms with van der Waals surface area (Å²) < 4.78 is 0. The molecule has 1 amide bonds.